The lowest BCUT2D eigenvalue weighted by Gasteiger charge is -2.28. The molecule has 0 aromatic heterocycles. The van der Waals surface area contributed by atoms with Gasteiger partial charge in [0.25, 0.3) is 0 Å². The number of ether oxygens (including phenoxy) is 1. The summed E-state index contributed by atoms with van der Waals surface area (Å²) in [5, 5.41) is 2.81. The van der Waals surface area contributed by atoms with Crippen molar-refractivity contribution in [1.82, 2.24) is 0 Å². The number of hydrogen-bond acceptors (Lipinski definition) is 2. The Labute approximate surface area is 140 Å². The van der Waals surface area contributed by atoms with Crippen LogP contribution < -0.4 is 10.1 Å². The molecule has 0 bridgehead atoms. The second-order valence-electron chi connectivity index (χ2n) is 5.91. The third kappa shape index (κ3) is 2.54. The van der Waals surface area contributed by atoms with Crippen LogP contribution in [0, 0.1) is 0 Å². The number of amides is 1. The molecule has 0 radical (unpaired) electrons. The quantitative estimate of drug-likeness (QED) is 0.569. The summed E-state index contributed by atoms with van der Waals surface area (Å²) in [6.45, 7) is 1.51. The van der Waals surface area contributed by atoms with E-state index < -0.39 is 0 Å². The van der Waals surface area contributed by atoms with Crippen molar-refractivity contribution in [2.24, 2.45) is 0 Å². The number of carbonyl (C=O) groups excluding carboxylic acids is 1. The van der Waals surface area contributed by atoms with Crippen molar-refractivity contribution in [2.75, 3.05) is 5.32 Å². The van der Waals surface area contributed by atoms with Crippen molar-refractivity contribution < 1.29 is 9.53 Å². The van der Waals surface area contributed by atoms with Gasteiger partial charge in [0.1, 0.15) is 11.5 Å². The van der Waals surface area contributed by atoms with Crippen LogP contribution in [0.4, 0.5) is 5.69 Å². The first-order valence-electron chi connectivity index (χ1n) is 7.95. The Kier molecular flexibility index (Phi) is 3.54. The summed E-state index contributed by atoms with van der Waals surface area (Å²) in [6.07, 6.45) is 0. The van der Waals surface area contributed by atoms with Gasteiger partial charge in [0.15, 0.2) is 0 Å². The van der Waals surface area contributed by atoms with Crippen LogP contribution in [0.25, 0.3) is 0 Å². The second-order valence-corrected chi connectivity index (χ2v) is 5.91. The zero-order valence-corrected chi connectivity index (χ0v) is 13.3. The summed E-state index contributed by atoms with van der Waals surface area (Å²) in [7, 11) is 0. The first kappa shape index (κ1) is 14.5. The topological polar surface area (TPSA) is 38.3 Å². The van der Waals surface area contributed by atoms with Gasteiger partial charge >= 0.3 is 0 Å². The van der Waals surface area contributed by atoms with Crippen LogP contribution >= 0.6 is 0 Å². The largest absolute Gasteiger partial charge is 0.457 e. The third-order valence-corrected chi connectivity index (χ3v) is 4.24. The monoisotopic (exact) mass is 315 g/mol. The number of fused-ring (bicyclic) bond motifs is 2. The maximum atomic E-state index is 11.2. The fourth-order valence-electron chi connectivity index (χ4n) is 3.23. The maximum absolute atomic E-state index is 11.2. The molecule has 3 aromatic rings. The number of anilines is 1. The molecular formula is C21H17NO2. The highest BCUT2D eigenvalue weighted by Crippen LogP contribution is 2.46. The fourth-order valence-corrected chi connectivity index (χ4v) is 3.23. The van der Waals surface area contributed by atoms with E-state index in [1.807, 2.05) is 48.5 Å². The van der Waals surface area contributed by atoms with Gasteiger partial charge in [0, 0.05) is 29.7 Å². The summed E-state index contributed by atoms with van der Waals surface area (Å²) in [5.41, 5.74) is 4.29. The number of rotatable bonds is 2. The van der Waals surface area contributed by atoms with Crippen LogP contribution in [0.5, 0.6) is 11.5 Å². The zero-order chi connectivity index (χ0) is 16.5. The molecule has 24 heavy (non-hydrogen) atoms. The van der Waals surface area contributed by atoms with E-state index in [1.54, 1.807) is 0 Å². The predicted octanol–water partition coefficient (Wildman–Crippen LogP) is 4.93. The highest BCUT2D eigenvalue weighted by molar-refractivity contribution is 5.88. The van der Waals surface area contributed by atoms with Crippen molar-refractivity contribution in [3.05, 3.63) is 89.5 Å². The molecule has 3 nitrogen and oxygen atoms in total. The van der Waals surface area contributed by atoms with Crippen molar-refractivity contribution in [2.45, 2.75) is 12.8 Å². The molecule has 118 valence electrons. The minimum absolute atomic E-state index is 0.0653. The van der Waals surface area contributed by atoms with Crippen LogP contribution in [0.2, 0.25) is 0 Å². The molecule has 0 atom stereocenters. The Morgan fingerprint density at radius 3 is 1.92 bits per heavy atom. The summed E-state index contributed by atoms with van der Waals surface area (Å²) in [6, 6.07) is 24.3. The normalized spacial score (nSPS) is 12.7. The van der Waals surface area contributed by atoms with Crippen molar-refractivity contribution in [3.8, 4) is 11.5 Å². The van der Waals surface area contributed by atoms with Gasteiger partial charge in [-0.2, -0.15) is 0 Å². The van der Waals surface area contributed by atoms with E-state index in [-0.39, 0.29) is 11.8 Å². The number of nitrogens with one attached hydrogen (secondary N) is 1. The van der Waals surface area contributed by atoms with Crippen molar-refractivity contribution in [3.63, 3.8) is 0 Å². The van der Waals surface area contributed by atoms with E-state index >= 15 is 0 Å². The lowest BCUT2D eigenvalue weighted by Crippen LogP contribution is -2.11. The molecule has 0 fully saturated rings. The van der Waals surface area contributed by atoms with Crippen LogP contribution in [-0.4, -0.2) is 5.91 Å². The van der Waals surface area contributed by atoms with Gasteiger partial charge in [-0.15, -0.1) is 0 Å². The molecule has 0 spiro atoms. The van der Waals surface area contributed by atoms with Crippen LogP contribution in [-0.2, 0) is 4.79 Å². The molecule has 1 heterocycles. The van der Waals surface area contributed by atoms with Gasteiger partial charge in [-0.05, 0) is 29.8 Å². The van der Waals surface area contributed by atoms with Gasteiger partial charge in [0.05, 0.1) is 0 Å². The van der Waals surface area contributed by atoms with Crippen LogP contribution in [0.15, 0.2) is 72.8 Å². The highest BCUT2D eigenvalue weighted by Gasteiger charge is 2.27. The van der Waals surface area contributed by atoms with Gasteiger partial charge in [0.2, 0.25) is 5.91 Å². The first-order valence-corrected chi connectivity index (χ1v) is 7.95. The molecule has 1 amide bonds. The van der Waals surface area contributed by atoms with Gasteiger partial charge < -0.3 is 10.1 Å². The smallest absolute Gasteiger partial charge is 0.221 e. The van der Waals surface area contributed by atoms with E-state index in [4.69, 9.17) is 4.74 Å². The molecule has 0 aliphatic carbocycles. The molecule has 1 N–H and O–H groups in total. The average Bonchev–Trinajstić information content (AvgIpc) is 2.60. The van der Waals surface area contributed by atoms with Crippen molar-refractivity contribution in [1.29, 1.82) is 0 Å². The number of para-hydroxylation sites is 2. The number of hydrogen-bond donors (Lipinski definition) is 1. The van der Waals surface area contributed by atoms with Gasteiger partial charge in [-0.25, -0.2) is 0 Å². The molecule has 4 rings (SSSR count). The fraction of sp³-hybridized carbons (Fsp3) is 0.0952. The molecule has 3 aromatic carbocycles. The minimum Gasteiger partial charge on any atom is -0.457 e. The average molecular weight is 315 g/mol. The molecule has 0 unspecified atom stereocenters. The lowest BCUT2D eigenvalue weighted by molar-refractivity contribution is -0.114. The van der Waals surface area contributed by atoms with E-state index in [2.05, 4.69) is 29.6 Å². The molecular weight excluding hydrogens is 298 g/mol. The zero-order valence-electron chi connectivity index (χ0n) is 13.3. The van der Waals surface area contributed by atoms with E-state index in [0.717, 1.165) is 28.3 Å². The summed E-state index contributed by atoms with van der Waals surface area (Å²) >= 11 is 0. The van der Waals surface area contributed by atoms with Gasteiger partial charge in [-0.3, -0.25) is 4.79 Å². The lowest BCUT2D eigenvalue weighted by atomic mass is 9.82. The van der Waals surface area contributed by atoms with Crippen LogP contribution in [0.3, 0.4) is 0 Å². The SMILES string of the molecule is CC(=O)Nc1ccc(C2c3ccccc3Oc3ccccc32)cc1. The standard InChI is InChI=1S/C21H17NO2/c1-14(23)22-16-12-10-15(11-13-16)21-17-6-2-4-8-19(17)24-20-9-5-3-7-18(20)21/h2-13,21H,1H3,(H,22,23). The Balaban J connectivity index is 1.81. The minimum atomic E-state index is -0.0653. The third-order valence-electron chi connectivity index (χ3n) is 4.24. The van der Waals surface area contributed by atoms with Crippen LogP contribution in [0.1, 0.15) is 29.5 Å². The highest BCUT2D eigenvalue weighted by atomic mass is 16.5. The van der Waals surface area contributed by atoms with Gasteiger partial charge in [-0.1, -0.05) is 48.5 Å². The Morgan fingerprint density at radius 2 is 1.38 bits per heavy atom. The number of benzene rings is 3. The molecule has 1 aliphatic heterocycles. The maximum Gasteiger partial charge on any atom is 0.221 e. The van der Waals surface area contributed by atoms with E-state index in [1.165, 1.54) is 12.5 Å². The van der Waals surface area contributed by atoms with E-state index in [9.17, 15) is 4.79 Å². The Morgan fingerprint density at radius 1 is 0.833 bits per heavy atom. The Bertz CT molecular complexity index is 854. The molecule has 1 aliphatic rings. The second kappa shape index (κ2) is 5.85. The summed E-state index contributed by atoms with van der Waals surface area (Å²) in [5.74, 6) is 1.85. The number of carbonyl (C=O) groups is 1. The molecule has 3 heteroatoms. The summed E-state index contributed by atoms with van der Waals surface area (Å²) in [4.78, 5) is 11.2. The van der Waals surface area contributed by atoms with Crippen molar-refractivity contribution >= 4 is 11.6 Å². The predicted molar refractivity (Wildman–Crippen MR) is 94.6 cm³/mol. The first-order chi connectivity index (χ1) is 11.7. The molecule has 0 saturated carbocycles. The molecule has 0 saturated heterocycles. The van der Waals surface area contributed by atoms with E-state index in [0.29, 0.717) is 0 Å². The summed E-state index contributed by atoms with van der Waals surface area (Å²) < 4.78 is 6.05. The Hall–Kier alpha value is -3.07.